The number of ether oxygens (including phenoxy) is 1. The summed E-state index contributed by atoms with van der Waals surface area (Å²) in [5.41, 5.74) is 1.89. The Morgan fingerprint density at radius 2 is 1.52 bits per heavy atom. The summed E-state index contributed by atoms with van der Waals surface area (Å²) in [5, 5.41) is 0. The minimum absolute atomic E-state index is 0.0495. The normalized spacial score (nSPS) is 28.5. The van der Waals surface area contributed by atoms with Crippen LogP contribution in [0.1, 0.15) is 13.3 Å². The number of imide groups is 1. The topological polar surface area (TPSA) is 46.6 Å². The molecule has 0 aromatic heterocycles. The van der Waals surface area contributed by atoms with Crippen molar-refractivity contribution in [3.05, 3.63) is 64.7 Å². The van der Waals surface area contributed by atoms with E-state index in [4.69, 9.17) is 4.74 Å². The number of benzene rings is 2. The molecule has 1 saturated heterocycles. The highest BCUT2D eigenvalue weighted by atomic mass is 79.9. The first-order valence-corrected chi connectivity index (χ1v) is 9.92. The summed E-state index contributed by atoms with van der Waals surface area (Å²) in [6.45, 7) is 2.08. The number of hydrogen-bond donors (Lipinski definition) is 0. The molecule has 2 amide bonds. The van der Waals surface area contributed by atoms with Gasteiger partial charge in [-0.2, -0.15) is 0 Å². The van der Waals surface area contributed by atoms with Crippen molar-refractivity contribution in [3.8, 4) is 11.5 Å². The number of carbonyl (C=O) groups excluding carboxylic acids is 2. The fourth-order valence-electron chi connectivity index (χ4n) is 4.83. The van der Waals surface area contributed by atoms with Crippen LogP contribution < -0.4 is 9.64 Å². The molecule has 1 aliphatic heterocycles. The Hall–Kier alpha value is -2.40. The van der Waals surface area contributed by atoms with E-state index >= 15 is 0 Å². The van der Waals surface area contributed by atoms with Gasteiger partial charge < -0.3 is 4.74 Å². The molecule has 3 aliphatic rings. The summed E-state index contributed by atoms with van der Waals surface area (Å²) in [6.07, 6.45) is 3.14. The summed E-state index contributed by atoms with van der Waals surface area (Å²) in [6, 6.07) is 14.7. The number of carbonyl (C=O) groups is 2. The molecule has 0 radical (unpaired) electrons. The highest BCUT2D eigenvalue weighted by molar-refractivity contribution is 9.10. The van der Waals surface area contributed by atoms with Crippen molar-refractivity contribution in [2.24, 2.45) is 23.7 Å². The van der Waals surface area contributed by atoms with Gasteiger partial charge in [0.25, 0.3) is 0 Å². The predicted molar refractivity (Wildman–Crippen MR) is 105 cm³/mol. The average molecular weight is 424 g/mol. The van der Waals surface area contributed by atoms with E-state index in [0.717, 1.165) is 16.6 Å². The Kier molecular flexibility index (Phi) is 3.76. The number of allylic oxidation sites excluding steroid dienone is 2. The van der Waals surface area contributed by atoms with Gasteiger partial charge in [-0.25, -0.2) is 0 Å². The lowest BCUT2D eigenvalue weighted by atomic mass is 9.82. The van der Waals surface area contributed by atoms with E-state index in [1.807, 2.05) is 24.3 Å². The number of hydrogen-bond acceptors (Lipinski definition) is 3. The van der Waals surface area contributed by atoms with Crippen LogP contribution in [0, 0.1) is 23.7 Å². The van der Waals surface area contributed by atoms with Crippen LogP contribution in [0.3, 0.4) is 0 Å². The summed E-state index contributed by atoms with van der Waals surface area (Å²) in [5.74, 6) is 1.40. The van der Waals surface area contributed by atoms with Crippen LogP contribution in [-0.2, 0) is 9.59 Å². The Balaban J connectivity index is 1.37. The molecular formula is C22H18BrNO3. The Bertz CT molecular complexity index is 964. The van der Waals surface area contributed by atoms with Crippen molar-refractivity contribution in [3.63, 3.8) is 0 Å². The average Bonchev–Trinajstić information content (AvgIpc) is 3.29. The van der Waals surface area contributed by atoms with E-state index in [9.17, 15) is 9.59 Å². The van der Waals surface area contributed by atoms with Crippen molar-refractivity contribution in [2.45, 2.75) is 13.3 Å². The number of amides is 2. The lowest BCUT2D eigenvalue weighted by molar-refractivity contribution is -0.123. The minimum Gasteiger partial charge on any atom is -0.457 e. The first-order valence-electron chi connectivity index (χ1n) is 9.12. The first-order chi connectivity index (χ1) is 13.0. The van der Waals surface area contributed by atoms with Gasteiger partial charge >= 0.3 is 0 Å². The zero-order valence-corrected chi connectivity index (χ0v) is 16.3. The molecule has 5 heteroatoms. The van der Waals surface area contributed by atoms with E-state index in [1.165, 1.54) is 10.5 Å². The van der Waals surface area contributed by atoms with Gasteiger partial charge in [-0.3, -0.25) is 14.5 Å². The molecule has 2 aromatic carbocycles. The van der Waals surface area contributed by atoms with Crippen LogP contribution in [-0.4, -0.2) is 11.8 Å². The standard InChI is InChI=1S/C22H18BrNO3/c1-12-10-13-11-18(12)20-19(13)21(25)24(22(20)26)15-4-8-17(9-5-15)27-16-6-2-14(23)3-7-16/h2-10,13,18-20H,11H2,1H3. The molecule has 5 rings (SSSR count). The van der Waals surface area contributed by atoms with Gasteiger partial charge in [0.2, 0.25) is 11.8 Å². The summed E-state index contributed by atoms with van der Waals surface area (Å²) in [4.78, 5) is 27.3. The van der Waals surface area contributed by atoms with E-state index in [2.05, 4.69) is 28.9 Å². The first kappa shape index (κ1) is 16.8. The Morgan fingerprint density at radius 1 is 0.926 bits per heavy atom. The molecule has 0 N–H and O–H groups in total. The van der Waals surface area contributed by atoms with Gasteiger partial charge in [0.15, 0.2) is 0 Å². The molecule has 1 saturated carbocycles. The van der Waals surface area contributed by atoms with Gasteiger partial charge in [0.05, 0.1) is 17.5 Å². The minimum atomic E-state index is -0.176. The third-order valence-electron chi connectivity index (χ3n) is 6.02. The third kappa shape index (κ3) is 2.56. The molecule has 4 unspecified atom stereocenters. The maximum absolute atomic E-state index is 13.0. The zero-order chi connectivity index (χ0) is 18.7. The monoisotopic (exact) mass is 423 g/mol. The van der Waals surface area contributed by atoms with E-state index in [-0.39, 0.29) is 35.5 Å². The molecule has 136 valence electrons. The number of anilines is 1. The molecule has 27 heavy (non-hydrogen) atoms. The van der Waals surface area contributed by atoms with Crippen LogP contribution in [0.25, 0.3) is 0 Å². The summed E-state index contributed by atoms with van der Waals surface area (Å²) >= 11 is 3.40. The predicted octanol–water partition coefficient (Wildman–Crippen LogP) is 4.94. The molecule has 2 fully saturated rings. The van der Waals surface area contributed by atoms with Gasteiger partial charge in [0.1, 0.15) is 11.5 Å². The van der Waals surface area contributed by atoms with Crippen molar-refractivity contribution in [1.29, 1.82) is 0 Å². The van der Waals surface area contributed by atoms with Gasteiger partial charge in [0, 0.05) is 4.47 Å². The molecule has 0 spiro atoms. The maximum atomic E-state index is 13.0. The van der Waals surface area contributed by atoms with E-state index in [0.29, 0.717) is 11.4 Å². The fourth-order valence-corrected chi connectivity index (χ4v) is 5.10. The van der Waals surface area contributed by atoms with E-state index in [1.54, 1.807) is 24.3 Å². The lowest BCUT2D eigenvalue weighted by Gasteiger charge is -2.19. The van der Waals surface area contributed by atoms with Crippen molar-refractivity contribution in [2.75, 3.05) is 4.90 Å². The molecule has 4 nitrogen and oxygen atoms in total. The second-order valence-corrected chi connectivity index (χ2v) is 8.45. The largest absolute Gasteiger partial charge is 0.457 e. The van der Waals surface area contributed by atoms with Gasteiger partial charge in [-0.1, -0.05) is 27.6 Å². The number of halogens is 1. The second-order valence-electron chi connectivity index (χ2n) is 7.53. The quantitative estimate of drug-likeness (QED) is 0.518. The number of fused-ring (bicyclic) bond motifs is 5. The molecule has 2 aromatic rings. The summed E-state index contributed by atoms with van der Waals surface area (Å²) in [7, 11) is 0. The van der Waals surface area contributed by atoms with Crippen molar-refractivity contribution in [1.82, 2.24) is 0 Å². The highest BCUT2D eigenvalue weighted by Gasteiger charge is 2.60. The fraction of sp³-hybridized carbons (Fsp3) is 0.273. The van der Waals surface area contributed by atoms with Crippen LogP contribution in [0.2, 0.25) is 0 Å². The molecule has 2 aliphatic carbocycles. The summed E-state index contributed by atoms with van der Waals surface area (Å²) < 4.78 is 6.81. The number of rotatable bonds is 3. The smallest absolute Gasteiger partial charge is 0.238 e. The lowest BCUT2D eigenvalue weighted by Crippen LogP contribution is -2.32. The highest BCUT2D eigenvalue weighted by Crippen LogP contribution is 2.55. The van der Waals surface area contributed by atoms with Crippen LogP contribution in [0.5, 0.6) is 11.5 Å². The Labute approximate surface area is 165 Å². The van der Waals surface area contributed by atoms with Crippen molar-refractivity contribution >= 4 is 33.4 Å². The van der Waals surface area contributed by atoms with Crippen LogP contribution in [0.4, 0.5) is 5.69 Å². The maximum Gasteiger partial charge on any atom is 0.238 e. The van der Waals surface area contributed by atoms with E-state index < -0.39 is 0 Å². The zero-order valence-electron chi connectivity index (χ0n) is 14.8. The molecule has 1 heterocycles. The molecular weight excluding hydrogens is 406 g/mol. The second kappa shape index (κ2) is 6.06. The van der Waals surface area contributed by atoms with Gasteiger partial charge in [-0.05, 0) is 73.7 Å². The third-order valence-corrected chi connectivity index (χ3v) is 6.55. The molecule has 4 atom stereocenters. The SMILES string of the molecule is CC1=CC2CC1C1C(=O)N(c3ccc(Oc4ccc(Br)cc4)cc3)C(=O)C21. The molecule has 2 bridgehead atoms. The Morgan fingerprint density at radius 3 is 2.19 bits per heavy atom. The van der Waals surface area contributed by atoms with Crippen LogP contribution >= 0.6 is 15.9 Å². The van der Waals surface area contributed by atoms with Crippen molar-refractivity contribution < 1.29 is 14.3 Å². The van der Waals surface area contributed by atoms with Gasteiger partial charge in [-0.15, -0.1) is 0 Å². The van der Waals surface area contributed by atoms with Crippen LogP contribution in [0.15, 0.2) is 64.7 Å². The number of nitrogens with zero attached hydrogens (tertiary/aromatic N) is 1.